The molecule has 0 aliphatic carbocycles. The van der Waals surface area contributed by atoms with Crippen LogP contribution in [0.4, 0.5) is 34.5 Å². The number of para-hydroxylation sites is 1. The first-order chi connectivity index (χ1) is 35.5. The van der Waals surface area contributed by atoms with Crippen LogP contribution in [-0.2, 0) is 11.3 Å². The van der Waals surface area contributed by atoms with E-state index in [9.17, 15) is 14.4 Å². The fraction of sp³-hybridized carbons (Fsp3) is 0.429. The Balaban J connectivity index is 0.673. The Morgan fingerprint density at radius 2 is 1.51 bits per heavy atom. The number of hydrogen-bond acceptors (Lipinski definition) is 13. The summed E-state index contributed by atoms with van der Waals surface area (Å²) in [7, 11) is 5.29. The summed E-state index contributed by atoms with van der Waals surface area (Å²) in [6, 6.07) is 28.0. The van der Waals surface area contributed by atoms with Crippen LogP contribution in [0, 0.1) is 11.8 Å². The molecule has 17 nitrogen and oxygen atoms in total. The highest BCUT2D eigenvalue weighted by Gasteiger charge is 2.33. The number of likely N-dealkylation sites (tertiary alicyclic amines) is 1. The summed E-state index contributed by atoms with van der Waals surface area (Å²) in [4.78, 5) is 62.8. The number of rotatable bonds is 14. The van der Waals surface area contributed by atoms with E-state index in [1.54, 1.807) is 29.8 Å². The van der Waals surface area contributed by atoms with Crippen LogP contribution in [0.3, 0.4) is 0 Å². The zero-order valence-corrected chi connectivity index (χ0v) is 43.0. The molecular formula is C56H68N12O5. The molecule has 382 valence electrons. The van der Waals surface area contributed by atoms with Gasteiger partial charge in [-0.1, -0.05) is 44.2 Å². The summed E-state index contributed by atoms with van der Waals surface area (Å²) in [6.07, 6.45) is 5.42. The zero-order chi connectivity index (χ0) is 50.8. The molecular weight excluding hydrogens is 921 g/mol. The van der Waals surface area contributed by atoms with E-state index in [-0.39, 0.29) is 17.5 Å². The van der Waals surface area contributed by atoms with Gasteiger partial charge in [0.25, 0.3) is 5.91 Å². The number of anilines is 6. The Hall–Kier alpha value is -7.24. The number of carbonyl (C=O) groups excluding carboxylic acids is 2. The Bertz CT molecular complexity index is 2980. The number of fused-ring (bicyclic) bond motifs is 2. The van der Waals surface area contributed by atoms with Gasteiger partial charge in [0.1, 0.15) is 17.2 Å². The van der Waals surface area contributed by atoms with Gasteiger partial charge in [-0.15, -0.1) is 0 Å². The number of hydrogen-bond donors (Lipinski definition) is 2. The van der Waals surface area contributed by atoms with Gasteiger partial charge in [-0.25, -0.2) is 19.4 Å². The van der Waals surface area contributed by atoms with Crippen molar-refractivity contribution in [3.05, 3.63) is 118 Å². The molecule has 6 heterocycles. The van der Waals surface area contributed by atoms with Gasteiger partial charge in [0.15, 0.2) is 11.6 Å². The number of piperidine rings is 2. The number of benzene rings is 4. The van der Waals surface area contributed by atoms with Crippen molar-refractivity contribution in [2.24, 2.45) is 11.8 Å². The molecule has 2 aromatic heterocycles. The van der Waals surface area contributed by atoms with Gasteiger partial charge < -0.3 is 39.3 Å². The number of piperazine rings is 1. The van der Waals surface area contributed by atoms with Crippen LogP contribution < -0.4 is 35.2 Å². The molecule has 0 unspecified atom stereocenters. The lowest BCUT2D eigenvalue weighted by Crippen LogP contribution is -2.49. The predicted octanol–water partition coefficient (Wildman–Crippen LogP) is 7.92. The molecule has 0 radical (unpaired) electrons. The van der Waals surface area contributed by atoms with Gasteiger partial charge >= 0.3 is 5.69 Å². The number of nitrogens with one attached hydrogen (secondary N) is 2. The number of methoxy groups -OCH3 is 1. The first-order valence-electron chi connectivity index (χ1n) is 25.9. The number of carbonyl (C=O) groups is 2. The monoisotopic (exact) mass is 989 g/mol. The van der Waals surface area contributed by atoms with E-state index >= 15 is 0 Å². The molecule has 10 rings (SSSR count). The molecule has 2 N–H and O–H groups in total. The summed E-state index contributed by atoms with van der Waals surface area (Å²) < 4.78 is 13.4. The maximum atomic E-state index is 13.9. The second-order valence-electron chi connectivity index (χ2n) is 20.2. The molecule has 2 amide bonds. The smallest absolute Gasteiger partial charge is 0.348 e. The second-order valence-corrected chi connectivity index (χ2v) is 20.2. The molecule has 4 aromatic carbocycles. The summed E-state index contributed by atoms with van der Waals surface area (Å²) in [5.41, 5.74) is 7.40. The third kappa shape index (κ3) is 10.4. The fourth-order valence-electron chi connectivity index (χ4n) is 10.9. The highest BCUT2D eigenvalue weighted by Crippen LogP contribution is 2.40. The molecule has 3 saturated heterocycles. The molecule has 4 aliphatic rings. The number of nitrogens with zero attached hydrogens (tertiary/aromatic N) is 10. The molecule has 4 aliphatic heterocycles. The highest BCUT2D eigenvalue weighted by molar-refractivity contribution is 6.13. The van der Waals surface area contributed by atoms with Crippen LogP contribution in [0.15, 0.2) is 95.9 Å². The van der Waals surface area contributed by atoms with Crippen molar-refractivity contribution < 1.29 is 19.1 Å². The van der Waals surface area contributed by atoms with Crippen LogP contribution >= 0.6 is 0 Å². The topological polar surface area (TPSA) is 161 Å². The highest BCUT2D eigenvalue weighted by atomic mass is 16.5. The lowest BCUT2D eigenvalue weighted by molar-refractivity contribution is -0.137. The molecule has 73 heavy (non-hydrogen) atoms. The lowest BCUT2D eigenvalue weighted by atomic mass is 9.91. The maximum Gasteiger partial charge on any atom is 0.348 e. The molecule has 0 spiro atoms. The van der Waals surface area contributed by atoms with Gasteiger partial charge in [0.2, 0.25) is 11.9 Å². The third-order valence-corrected chi connectivity index (χ3v) is 15.3. The predicted molar refractivity (Wildman–Crippen MR) is 286 cm³/mol. The van der Waals surface area contributed by atoms with Crippen LogP contribution in [0.5, 0.6) is 11.5 Å². The Morgan fingerprint density at radius 3 is 2.23 bits per heavy atom. The van der Waals surface area contributed by atoms with Gasteiger partial charge in [0, 0.05) is 97.2 Å². The SMILES string of the molecule is CCOc1cc(N2CCC(C(=O)N3CCC(CN4CCN(Cc5ccc(-n6c(-c7cc(C(C)C)ccc7OC)n[nH]c6=O)cc5)CC4)CC3)CC2)ccc1Nc1ncc2c(n1)N(C)c1ccccc1C(=O)N2C. The average molecular weight is 989 g/mol. The van der Waals surface area contributed by atoms with Gasteiger partial charge in [-0.3, -0.25) is 14.5 Å². The van der Waals surface area contributed by atoms with E-state index in [1.165, 1.54) is 5.56 Å². The molecule has 6 aromatic rings. The zero-order valence-electron chi connectivity index (χ0n) is 43.0. The van der Waals surface area contributed by atoms with Crippen LogP contribution in [0.1, 0.15) is 73.9 Å². The Kier molecular flexibility index (Phi) is 14.5. The first kappa shape index (κ1) is 49.3. The third-order valence-electron chi connectivity index (χ3n) is 15.3. The fourth-order valence-corrected chi connectivity index (χ4v) is 10.9. The molecule has 3 fully saturated rings. The van der Waals surface area contributed by atoms with E-state index in [0.717, 1.165) is 125 Å². The number of aromatic amines is 1. The molecule has 0 atom stereocenters. The Morgan fingerprint density at radius 1 is 0.781 bits per heavy atom. The van der Waals surface area contributed by atoms with E-state index in [2.05, 4.69) is 90.3 Å². The number of ether oxygens (including phenoxy) is 2. The summed E-state index contributed by atoms with van der Waals surface area (Å²) in [5.74, 6) is 4.06. The normalized spacial score (nSPS) is 17.2. The Labute approximate surface area is 427 Å². The van der Waals surface area contributed by atoms with Crippen molar-refractivity contribution in [2.75, 3.05) is 107 Å². The van der Waals surface area contributed by atoms with Crippen molar-refractivity contribution in [2.45, 2.75) is 58.9 Å². The van der Waals surface area contributed by atoms with Gasteiger partial charge in [-0.2, -0.15) is 10.1 Å². The van der Waals surface area contributed by atoms with E-state index in [1.807, 2.05) is 67.4 Å². The van der Waals surface area contributed by atoms with Crippen molar-refractivity contribution >= 4 is 46.3 Å². The standard InChI is InChI=1S/C56H68N12O5/c1-7-73-50-33-43(17-18-46(50)58-55-57-34-48-52(59-55)62(4)47-11-9-8-10-44(47)54(70)63(48)5)66-26-22-40(23-27-66)53(69)67-24-20-39(21-25-67)36-65-30-28-64(29-31-65)35-38-12-15-42(16-13-38)68-51(60-61-56(68)71)45-32-41(37(2)3)14-19-49(45)72-6/h8-19,32-34,37,39-40H,7,20-31,35-36H2,1-6H3,(H,61,71)(H,57,58,59). The first-order valence-corrected chi connectivity index (χ1v) is 25.9. The van der Waals surface area contributed by atoms with Crippen LogP contribution in [0.25, 0.3) is 17.1 Å². The van der Waals surface area contributed by atoms with Gasteiger partial charge in [-0.05, 0) is 104 Å². The molecule has 0 bridgehead atoms. The number of amides is 2. The molecule has 17 heteroatoms. The van der Waals surface area contributed by atoms with Crippen molar-refractivity contribution in [3.8, 4) is 28.6 Å². The largest absolute Gasteiger partial charge is 0.496 e. The minimum Gasteiger partial charge on any atom is -0.496 e. The number of aromatic nitrogens is 5. The average Bonchev–Trinajstić information content (AvgIpc) is 3.79. The minimum atomic E-state index is -0.290. The lowest BCUT2D eigenvalue weighted by Gasteiger charge is -2.40. The van der Waals surface area contributed by atoms with Crippen LogP contribution in [0.2, 0.25) is 0 Å². The summed E-state index contributed by atoms with van der Waals surface area (Å²) >= 11 is 0. The summed E-state index contributed by atoms with van der Waals surface area (Å²) in [5, 5.41) is 10.4. The van der Waals surface area contributed by atoms with E-state index < -0.39 is 0 Å². The summed E-state index contributed by atoms with van der Waals surface area (Å²) in [6.45, 7) is 16.0. The van der Waals surface area contributed by atoms with Crippen molar-refractivity contribution in [1.82, 2.24) is 39.4 Å². The molecule has 0 saturated carbocycles. The second kappa shape index (κ2) is 21.5. The van der Waals surface area contributed by atoms with Crippen molar-refractivity contribution in [1.29, 1.82) is 0 Å². The maximum absolute atomic E-state index is 13.9. The van der Waals surface area contributed by atoms with Gasteiger partial charge in [0.05, 0.1) is 48.1 Å². The van der Waals surface area contributed by atoms with Crippen molar-refractivity contribution in [3.63, 3.8) is 0 Å². The quantitative estimate of drug-likeness (QED) is 0.108. The van der Waals surface area contributed by atoms with Crippen LogP contribution in [-0.4, -0.2) is 138 Å². The minimum absolute atomic E-state index is 0.0386. The van der Waals surface area contributed by atoms with E-state index in [0.29, 0.717) is 64.7 Å². The number of H-pyrrole nitrogens is 1. The van der Waals surface area contributed by atoms with E-state index in [4.69, 9.17) is 14.5 Å².